The molecule has 0 saturated carbocycles. The summed E-state index contributed by atoms with van der Waals surface area (Å²) in [6.45, 7) is 1.52. The Morgan fingerprint density at radius 1 is 1.18 bits per heavy atom. The number of aromatic nitrogens is 2. The number of fused-ring (bicyclic) bond motifs is 1. The Bertz CT molecular complexity index is 1350. The van der Waals surface area contributed by atoms with E-state index in [1.165, 1.54) is 6.33 Å². The molecule has 0 atom stereocenters. The maximum absolute atomic E-state index is 12.8. The monoisotopic (exact) mass is 521 g/mol. The van der Waals surface area contributed by atoms with Gasteiger partial charge in [0.25, 0.3) is 10.0 Å². The molecule has 1 saturated heterocycles. The van der Waals surface area contributed by atoms with Gasteiger partial charge in [-0.15, -0.1) is 0 Å². The second-order valence-electron chi connectivity index (χ2n) is 8.09. The summed E-state index contributed by atoms with van der Waals surface area (Å²) in [5, 5.41) is 4.03. The van der Waals surface area contributed by atoms with Crippen molar-refractivity contribution in [3.63, 3.8) is 0 Å². The van der Waals surface area contributed by atoms with Gasteiger partial charge in [0.05, 0.1) is 11.1 Å². The molecular weight excluding hydrogens is 496 g/mol. The zero-order valence-electron chi connectivity index (χ0n) is 18.0. The van der Waals surface area contributed by atoms with Crippen LogP contribution in [0.25, 0.3) is 0 Å². The van der Waals surface area contributed by atoms with Crippen LogP contribution in [-0.2, 0) is 16.4 Å². The standard InChI is InChI=1S/C22H21ClN6O3S2.2H2/c23-16-1-6-20-15(13-16)7-12-29(20)22(30)26-17-8-10-28(11-9-17)18-2-4-19(5-3-18)34(31,32)27-21-24-14-25-33-21;;/h1-6,12-14,17H,7-11H2,(H-,24,25,26,27,30);2*1H/p+1. The molecule has 12 heteroatoms. The van der Waals surface area contributed by atoms with Crippen LogP contribution in [0, 0.1) is 0 Å². The molecule has 2 aliphatic heterocycles. The molecule has 1 aromatic heterocycles. The van der Waals surface area contributed by atoms with E-state index in [-0.39, 0.29) is 25.0 Å². The third kappa shape index (κ3) is 4.77. The molecular formula is C22H26ClN6O3S2+. The topological polar surface area (TPSA) is 107 Å². The van der Waals surface area contributed by atoms with Crippen molar-refractivity contribution in [3.8, 4) is 0 Å². The van der Waals surface area contributed by atoms with Crippen LogP contribution < -0.4 is 14.9 Å². The average Bonchev–Trinajstić information content (AvgIpc) is 3.49. The van der Waals surface area contributed by atoms with Crippen molar-refractivity contribution in [2.45, 2.75) is 30.2 Å². The van der Waals surface area contributed by atoms with E-state index in [9.17, 15) is 13.2 Å². The molecule has 3 heterocycles. The van der Waals surface area contributed by atoms with Gasteiger partial charge in [0, 0.05) is 63.0 Å². The summed E-state index contributed by atoms with van der Waals surface area (Å²) in [5.41, 5.74) is 2.86. The van der Waals surface area contributed by atoms with Crippen LogP contribution in [0.15, 0.2) is 53.7 Å². The zero-order chi connectivity index (χ0) is 23.7. The lowest BCUT2D eigenvalue weighted by molar-refractivity contribution is -0.325. The van der Waals surface area contributed by atoms with Gasteiger partial charge in [-0.3, -0.25) is 4.72 Å². The van der Waals surface area contributed by atoms with Crippen molar-refractivity contribution in [3.05, 3.63) is 59.4 Å². The minimum absolute atomic E-state index is 0. The number of nitrogens with zero attached hydrogens (tertiary/aromatic N) is 4. The minimum atomic E-state index is -3.71. The van der Waals surface area contributed by atoms with Crippen LogP contribution in [0.3, 0.4) is 0 Å². The Hall–Kier alpha value is -3.02. The van der Waals surface area contributed by atoms with E-state index >= 15 is 0 Å². The van der Waals surface area contributed by atoms with Gasteiger partial charge in [0.2, 0.25) is 5.13 Å². The van der Waals surface area contributed by atoms with Crippen LogP contribution in [-0.4, -0.2) is 53.7 Å². The third-order valence-corrected chi connectivity index (χ3v) is 8.23. The number of urea groups is 1. The number of benzene rings is 2. The lowest BCUT2D eigenvalue weighted by Crippen LogP contribution is -2.46. The number of carbonyl (C=O) groups is 1. The highest BCUT2D eigenvalue weighted by molar-refractivity contribution is 7.93. The summed E-state index contributed by atoms with van der Waals surface area (Å²) >= 11 is 7.03. The number of hydrogen-bond acceptors (Lipinski definition) is 7. The second kappa shape index (κ2) is 9.32. The number of carbonyl (C=O) groups excluding carboxylic acids is 1. The van der Waals surface area contributed by atoms with Crippen molar-refractivity contribution >= 4 is 61.9 Å². The summed E-state index contributed by atoms with van der Waals surface area (Å²) in [6, 6.07) is 12.3. The van der Waals surface area contributed by atoms with E-state index in [1.54, 1.807) is 34.9 Å². The normalized spacial score (nSPS) is 16.1. The van der Waals surface area contributed by atoms with Crippen molar-refractivity contribution in [2.24, 2.45) is 0 Å². The van der Waals surface area contributed by atoms with Gasteiger partial charge in [0.15, 0.2) is 0 Å². The van der Waals surface area contributed by atoms with E-state index in [2.05, 4.69) is 24.3 Å². The molecule has 2 aromatic carbocycles. The number of halogens is 1. The van der Waals surface area contributed by atoms with Crippen molar-refractivity contribution in [1.29, 1.82) is 0 Å². The molecule has 0 spiro atoms. The molecule has 0 bridgehead atoms. The van der Waals surface area contributed by atoms with Crippen LogP contribution in [0.2, 0.25) is 5.02 Å². The number of piperidine rings is 1. The van der Waals surface area contributed by atoms with E-state index in [0.29, 0.717) is 11.4 Å². The fourth-order valence-corrected chi connectivity index (χ4v) is 6.04. The number of rotatable bonds is 5. The van der Waals surface area contributed by atoms with Crippen molar-refractivity contribution in [2.75, 3.05) is 22.7 Å². The first-order valence-electron chi connectivity index (χ1n) is 10.7. The van der Waals surface area contributed by atoms with Crippen LogP contribution in [0.1, 0.15) is 21.3 Å². The quantitative estimate of drug-likeness (QED) is 0.489. The largest absolute Gasteiger partial charge is 0.496 e. The van der Waals surface area contributed by atoms with Crippen LogP contribution in [0.5, 0.6) is 0 Å². The Morgan fingerprint density at radius 3 is 2.65 bits per heavy atom. The van der Waals surface area contributed by atoms with Gasteiger partial charge in [-0.2, -0.15) is 13.7 Å². The molecule has 2 aliphatic rings. The summed E-state index contributed by atoms with van der Waals surface area (Å²) in [6.07, 6.45) is 5.46. The molecule has 2 amide bonds. The first-order valence-corrected chi connectivity index (χ1v) is 13.4. The SMILES string of the molecule is O=C(NC1CCN(c2ccc(S(=O)(=O)Nc3ncns3)cc2)CC1)[N+]1=CCc2cc(Cl)ccc21.[HH].[HH]. The second-order valence-corrected chi connectivity index (χ2v) is 11.0. The van der Waals surface area contributed by atoms with Gasteiger partial charge in [-0.25, -0.2) is 18.7 Å². The first-order chi connectivity index (χ1) is 16.4. The first kappa shape index (κ1) is 22.8. The van der Waals surface area contributed by atoms with Crippen molar-refractivity contribution in [1.82, 2.24) is 14.7 Å². The number of sulfonamides is 1. The van der Waals surface area contributed by atoms with E-state index in [1.807, 2.05) is 18.3 Å². The molecule has 34 heavy (non-hydrogen) atoms. The highest BCUT2D eigenvalue weighted by Crippen LogP contribution is 2.28. The van der Waals surface area contributed by atoms with Gasteiger partial charge in [-0.05, 0) is 42.5 Å². The molecule has 0 unspecified atom stereocenters. The summed E-state index contributed by atoms with van der Waals surface area (Å²) < 4.78 is 32.9. The molecule has 180 valence electrons. The number of amides is 2. The molecule has 0 radical (unpaired) electrons. The lowest BCUT2D eigenvalue weighted by Gasteiger charge is -2.32. The average molecular weight is 522 g/mol. The highest BCUT2D eigenvalue weighted by atomic mass is 35.5. The van der Waals surface area contributed by atoms with Gasteiger partial charge < -0.3 is 4.90 Å². The van der Waals surface area contributed by atoms with Crippen LogP contribution in [0.4, 0.5) is 21.3 Å². The molecule has 3 aromatic rings. The minimum Gasteiger partial charge on any atom is -0.371 e. The number of nitrogens with one attached hydrogen (secondary N) is 2. The maximum atomic E-state index is 12.8. The van der Waals surface area contributed by atoms with E-state index in [0.717, 1.165) is 54.4 Å². The van der Waals surface area contributed by atoms with Gasteiger partial charge in [0.1, 0.15) is 18.1 Å². The van der Waals surface area contributed by atoms with Crippen LogP contribution >= 0.6 is 23.1 Å². The summed E-state index contributed by atoms with van der Waals surface area (Å²) in [5.74, 6) is 0. The smallest absolute Gasteiger partial charge is 0.371 e. The predicted molar refractivity (Wildman–Crippen MR) is 136 cm³/mol. The fourth-order valence-electron chi connectivity index (χ4n) is 4.19. The number of anilines is 2. The molecule has 2 N–H and O–H groups in total. The summed E-state index contributed by atoms with van der Waals surface area (Å²) in [7, 11) is -3.71. The van der Waals surface area contributed by atoms with Gasteiger partial charge >= 0.3 is 6.03 Å². The Balaban J connectivity index is 0.00000180. The van der Waals surface area contributed by atoms with E-state index in [4.69, 9.17) is 11.6 Å². The maximum Gasteiger partial charge on any atom is 0.496 e. The molecule has 1 fully saturated rings. The van der Waals surface area contributed by atoms with Gasteiger partial charge in [-0.1, -0.05) is 11.6 Å². The lowest BCUT2D eigenvalue weighted by atomic mass is 10.0. The predicted octanol–water partition coefficient (Wildman–Crippen LogP) is 4.13. The van der Waals surface area contributed by atoms with E-state index < -0.39 is 10.0 Å². The molecule has 0 aliphatic carbocycles. The Labute approximate surface area is 209 Å². The molecule has 5 rings (SSSR count). The summed E-state index contributed by atoms with van der Waals surface area (Å²) in [4.78, 5) is 19.0. The number of hydrogen-bond donors (Lipinski definition) is 2. The zero-order valence-corrected chi connectivity index (χ0v) is 20.4. The molecule has 9 nitrogen and oxygen atoms in total. The third-order valence-electron chi connectivity index (χ3n) is 5.93. The fraction of sp³-hybridized carbons (Fsp3) is 0.273. The highest BCUT2D eigenvalue weighted by Gasteiger charge is 2.30. The Kier molecular flexibility index (Phi) is 6.24. The van der Waals surface area contributed by atoms with Crippen molar-refractivity contribution < 1.29 is 20.6 Å². The Morgan fingerprint density at radius 2 is 1.94 bits per heavy atom.